The van der Waals surface area contributed by atoms with E-state index in [2.05, 4.69) is 0 Å². The summed E-state index contributed by atoms with van der Waals surface area (Å²) in [5.74, 6) is -2.07. The number of esters is 1. The summed E-state index contributed by atoms with van der Waals surface area (Å²) in [5, 5.41) is 0. The van der Waals surface area contributed by atoms with E-state index in [-0.39, 0.29) is 12.0 Å². The minimum Gasteiger partial charge on any atom is -0.460 e. The van der Waals surface area contributed by atoms with E-state index in [1.165, 1.54) is 6.07 Å². The Hall–Kier alpha value is -2.43. The van der Waals surface area contributed by atoms with Crippen molar-refractivity contribution < 1.29 is 18.3 Å². The highest BCUT2D eigenvalue weighted by Gasteiger charge is 2.12. The average molecular weight is 277 g/mol. The van der Waals surface area contributed by atoms with Crippen LogP contribution in [-0.4, -0.2) is 5.97 Å². The molecule has 0 amide bonds. The Bertz CT molecular complexity index is 609. The predicted octanol–water partition coefficient (Wildman–Crippen LogP) is 2.83. The standard InChI is InChI=1S/C15H13F2NO2/c16-12-5-3-6-13(17)11(12)9-20-15(19)8-10-4-1-2-7-14(10)18/h1-7H,8-9,18H2. The van der Waals surface area contributed by atoms with Gasteiger partial charge in [0.05, 0.1) is 12.0 Å². The van der Waals surface area contributed by atoms with Gasteiger partial charge in [-0.1, -0.05) is 24.3 Å². The van der Waals surface area contributed by atoms with Crippen LogP contribution in [0.5, 0.6) is 0 Å². The molecule has 0 atom stereocenters. The SMILES string of the molecule is Nc1ccccc1CC(=O)OCc1c(F)cccc1F. The van der Waals surface area contributed by atoms with Crippen molar-refractivity contribution in [3.05, 3.63) is 65.2 Å². The predicted molar refractivity (Wildman–Crippen MR) is 70.7 cm³/mol. The van der Waals surface area contributed by atoms with Crippen molar-refractivity contribution in [3.8, 4) is 0 Å². The summed E-state index contributed by atoms with van der Waals surface area (Å²) in [4.78, 5) is 11.6. The van der Waals surface area contributed by atoms with E-state index in [0.29, 0.717) is 11.3 Å². The van der Waals surface area contributed by atoms with Crippen molar-refractivity contribution in [2.75, 3.05) is 5.73 Å². The van der Waals surface area contributed by atoms with Gasteiger partial charge in [0.1, 0.15) is 18.2 Å². The molecule has 0 aliphatic heterocycles. The Morgan fingerprint density at radius 3 is 2.35 bits per heavy atom. The van der Waals surface area contributed by atoms with Gasteiger partial charge in [-0.05, 0) is 23.8 Å². The van der Waals surface area contributed by atoms with Crippen molar-refractivity contribution in [1.29, 1.82) is 0 Å². The van der Waals surface area contributed by atoms with E-state index in [4.69, 9.17) is 10.5 Å². The van der Waals surface area contributed by atoms with Gasteiger partial charge < -0.3 is 10.5 Å². The maximum atomic E-state index is 13.3. The number of anilines is 1. The van der Waals surface area contributed by atoms with Crippen molar-refractivity contribution >= 4 is 11.7 Å². The zero-order valence-corrected chi connectivity index (χ0v) is 10.6. The lowest BCUT2D eigenvalue weighted by molar-refractivity contribution is -0.144. The second kappa shape index (κ2) is 6.14. The molecule has 0 aliphatic rings. The molecular weight excluding hydrogens is 264 g/mol. The molecule has 0 bridgehead atoms. The van der Waals surface area contributed by atoms with Crippen LogP contribution in [0.2, 0.25) is 0 Å². The number of nitrogen functional groups attached to an aromatic ring is 1. The topological polar surface area (TPSA) is 52.3 Å². The van der Waals surface area contributed by atoms with Gasteiger partial charge in [0.15, 0.2) is 0 Å². The highest BCUT2D eigenvalue weighted by Crippen LogP contribution is 2.15. The largest absolute Gasteiger partial charge is 0.460 e. The average Bonchev–Trinajstić information content (AvgIpc) is 2.41. The molecule has 0 aromatic heterocycles. The van der Waals surface area contributed by atoms with Gasteiger partial charge in [-0.15, -0.1) is 0 Å². The quantitative estimate of drug-likeness (QED) is 0.690. The van der Waals surface area contributed by atoms with Crippen molar-refractivity contribution in [3.63, 3.8) is 0 Å². The first-order valence-electron chi connectivity index (χ1n) is 6.00. The van der Waals surface area contributed by atoms with E-state index in [1.54, 1.807) is 24.3 Å². The second-order valence-corrected chi connectivity index (χ2v) is 4.24. The lowest BCUT2D eigenvalue weighted by Crippen LogP contribution is -2.11. The van der Waals surface area contributed by atoms with E-state index < -0.39 is 24.2 Å². The van der Waals surface area contributed by atoms with Gasteiger partial charge in [0.2, 0.25) is 0 Å². The first-order chi connectivity index (χ1) is 9.58. The minimum atomic E-state index is -0.739. The van der Waals surface area contributed by atoms with E-state index in [9.17, 15) is 13.6 Å². The summed E-state index contributed by atoms with van der Waals surface area (Å²) in [7, 11) is 0. The second-order valence-electron chi connectivity index (χ2n) is 4.24. The van der Waals surface area contributed by atoms with E-state index >= 15 is 0 Å². The third-order valence-electron chi connectivity index (χ3n) is 2.83. The number of para-hydroxylation sites is 1. The molecule has 3 nitrogen and oxygen atoms in total. The molecule has 0 spiro atoms. The number of halogens is 2. The normalized spacial score (nSPS) is 10.3. The Morgan fingerprint density at radius 1 is 1.05 bits per heavy atom. The monoisotopic (exact) mass is 277 g/mol. The number of benzene rings is 2. The molecular formula is C15H13F2NO2. The van der Waals surface area contributed by atoms with Crippen LogP contribution in [0.1, 0.15) is 11.1 Å². The van der Waals surface area contributed by atoms with Crippen LogP contribution < -0.4 is 5.73 Å². The Labute approximate surface area is 115 Å². The summed E-state index contributed by atoms with van der Waals surface area (Å²) in [5.41, 5.74) is 6.53. The molecule has 2 aromatic rings. The maximum Gasteiger partial charge on any atom is 0.310 e. The molecule has 0 saturated carbocycles. The Kier molecular flexibility index (Phi) is 4.30. The molecule has 5 heteroatoms. The molecule has 104 valence electrons. The zero-order valence-electron chi connectivity index (χ0n) is 10.6. The summed E-state index contributed by atoms with van der Waals surface area (Å²) in [6, 6.07) is 10.3. The number of nitrogens with two attached hydrogens (primary N) is 1. The molecule has 20 heavy (non-hydrogen) atoms. The van der Waals surface area contributed by atoms with Gasteiger partial charge >= 0.3 is 5.97 Å². The third-order valence-corrected chi connectivity index (χ3v) is 2.83. The number of hydrogen-bond acceptors (Lipinski definition) is 3. The van der Waals surface area contributed by atoms with Crippen LogP contribution in [-0.2, 0) is 22.6 Å². The summed E-state index contributed by atoms with van der Waals surface area (Å²) in [6.45, 7) is -0.440. The first-order valence-corrected chi connectivity index (χ1v) is 6.00. The highest BCUT2D eigenvalue weighted by atomic mass is 19.1. The lowest BCUT2D eigenvalue weighted by Gasteiger charge is -2.08. The minimum absolute atomic E-state index is 0.0389. The molecule has 2 aromatic carbocycles. The van der Waals surface area contributed by atoms with Crippen LogP contribution in [0.25, 0.3) is 0 Å². The molecule has 0 aliphatic carbocycles. The maximum absolute atomic E-state index is 13.3. The molecule has 0 radical (unpaired) electrons. The van der Waals surface area contributed by atoms with Crippen LogP contribution in [0.15, 0.2) is 42.5 Å². The number of carbonyl (C=O) groups excluding carboxylic acids is 1. The molecule has 0 saturated heterocycles. The number of ether oxygens (including phenoxy) is 1. The number of carbonyl (C=O) groups is 1. The first kappa shape index (κ1) is 14.0. The van der Waals surface area contributed by atoms with Crippen LogP contribution in [0.3, 0.4) is 0 Å². The summed E-state index contributed by atoms with van der Waals surface area (Å²) in [6.07, 6.45) is -0.0389. The molecule has 2 rings (SSSR count). The highest BCUT2D eigenvalue weighted by molar-refractivity contribution is 5.74. The fourth-order valence-corrected chi connectivity index (χ4v) is 1.72. The Morgan fingerprint density at radius 2 is 1.70 bits per heavy atom. The molecule has 0 heterocycles. The van der Waals surface area contributed by atoms with Gasteiger partial charge in [-0.3, -0.25) is 4.79 Å². The summed E-state index contributed by atoms with van der Waals surface area (Å²) >= 11 is 0. The van der Waals surface area contributed by atoms with Crippen molar-refractivity contribution in [1.82, 2.24) is 0 Å². The van der Waals surface area contributed by atoms with Gasteiger partial charge in [0.25, 0.3) is 0 Å². The fraction of sp³-hybridized carbons (Fsp3) is 0.133. The van der Waals surface area contributed by atoms with Gasteiger partial charge in [-0.2, -0.15) is 0 Å². The summed E-state index contributed by atoms with van der Waals surface area (Å²) < 4.78 is 31.6. The van der Waals surface area contributed by atoms with E-state index in [1.807, 2.05) is 0 Å². The van der Waals surface area contributed by atoms with Crippen molar-refractivity contribution in [2.24, 2.45) is 0 Å². The fourth-order valence-electron chi connectivity index (χ4n) is 1.72. The smallest absolute Gasteiger partial charge is 0.310 e. The third kappa shape index (κ3) is 3.32. The molecule has 0 fully saturated rings. The van der Waals surface area contributed by atoms with E-state index in [0.717, 1.165) is 12.1 Å². The van der Waals surface area contributed by atoms with Crippen LogP contribution >= 0.6 is 0 Å². The molecule has 2 N–H and O–H groups in total. The van der Waals surface area contributed by atoms with Crippen LogP contribution in [0, 0.1) is 11.6 Å². The molecule has 0 unspecified atom stereocenters. The van der Waals surface area contributed by atoms with Gasteiger partial charge in [0, 0.05) is 5.69 Å². The van der Waals surface area contributed by atoms with Gasteiger partial charge in [-0.25, -0.2) is 8.78 Å². The van der Waals surface area contributed by atoms with Crippen molar-refractivity contribution in [2.45, 2.75) is 13.0 Å². The Balaban J connectivity index is 1.98. The zero-order chi connectivity index (χ0) is 14.5. The number of rotatable bonds is 4. The lowest BCUT2D eigenvalue weighted by atomic mass is 10.1. The number of hydrogen-bond donors (Lipinski definition) is 1. The van der Waals surface area contributed by atoms with Crippen LogP contribution in [0.4, 0.5) is 14.5 Å².